The third-order valence-electron chi connectivity index (χ3n) is 6.02. The largest absolute Gasteiger partial charge is 0.384 e. The Morgan fingerprint density at radius 3 is 2.41 bits per heavy atom. The average molecular weight is 458 g/mol. The van der Waals surface area contributed by atoms with Crippen LogP contribution in [0.25, 0.3) is 0 Å². The number of benzene rings is 1. The molecule has 0 aliphatic carbocycles. The Balaban J connectivity index is 1.66. The van der Waals surface area contributed by atoms with E-state index in [4.69, 9.17) is 17.3 Å². The second-order valence-corrected chi connectivity index (χ2v) is 9.00. The van der Waals surface area contributed by atoms with Gasteiger partial charge in [0.15, 0.2) is 0 Å². The number of amides is 2. The molecule has 2 amide bonds. The summed E-state index contributed by atoms with van der Waals surface area (Å²) in [4.78, 5) is 32.2. The number of nitrogen functional groups attached to an aromatic ring is 1. The van der Waals surface area contributed by atoms with Crippen LogP contribution in [0.4, 0.5) is 5.82 Å². The topological polar surface area (TPSA) is 100 Å². The number of carbonyl (C=O) groups excluding carboxylic acids is 2. The molecule has 3 atom stereocenters. The van der Waals surface area contributed by atoms with E-state index in [1.807, 2.05) is 18.2 Å². The molecule has 1 saturated heterocycles. The van der Waals surface area contributed by atoms with Crippen LogP contribution in [-0.2, 0) is 22.6 Å². The van der Waals surface area contributed by atoms with Gasteiger partial charge in [0, 0.05) is 36.3 Å². The van der Waals surface area contributed by atoms with Crippen molar-refractivity contribution < 1.29 is 9.59 Å². The molecule has 32 heavy (non-hydrogen) atoms. The molecule has 1 aromatic carbocycles. The van der Waals surface area contributed by atoms with E-state index in [2.05, 4.69) is 34.4 Å². The van der Waals surface area contributed by atoms with Gasteiger partial charge >= 0.3 is 0 Å². The minimum Gasteiger partial charge on any atom is -0.384 e. The summed E-state index contributed by atoms with van der Waals surface area (Å²) in [6, 6.07) is 10.8. The van der Waals surface area contributed by atoms with E-state index < -0.39 is 6.04 Å². The van der Waals surface area contributed by atoms with Crippen LogP contribution in [0, 0.1) is 0 Å². The van der Waals surface area contributed by atoms with Crippen molar-refractivity contribution in [2.24, 2.45) is 0 Å². The number of hydrogen-bond donors (Lipinski definition) is 3. The molecule has 2 unspecified atom stereocenters. The van der Waals surface area contributed by atoms with E-state index in [0.29, 0.717) is 35.9 Å². The van der Waals surface area contributed by atoms with Crippen molar-refractivity contribution in [3.63, 3.8) is 0 Å². The van der Waals surface area contributed by atoms with Gasteiger partial charge in [-0.15, -0.1) is 0 Å². The smallest absolute Gasteiger partial charge is 0.243 e. The van der Waals surface area contributed by atoms with Gasteiger partial charge in [-0.3, -0.25) is 14.5 Å². The van der Waals surface area contributed by atoms with Crippen molar-refractivity contribution in [2.45, 2.75) is 64.2 Å². The average Bonchev–Trinajstić information content (AvgIpc) is 2.77. The third-order valence-corrected chi connectivity index (χ3v) is 6.27. The van der Waals surface area contributed by atoms with Gasteiger partial charge in [-0.25, -0.2) is 4.98 Å². The molecule has 8 heteroatoms. The van der Waals surface area contributed by atoms with Crippen LogP contribution in [-0.4, -0.2) is 46.4 Å². The van der Waals surface area contributed by atoms with Crippen molar-refractivity contribution in [2.75, 3.05) is 12.3 Å². The number of halogens is 1. The van der Waals surface area contributed by atoms with Crippen molar-refractivity contribution >= 4 is 29.2 Å². The maximum absolute atomic E-state index is 13.0. The lowest BCUT2D eigenvalue weighted by Gasteiger charge is -2.38. The molecule has 0 saturated carbocycles. The maximum Gasteiger partial charge on any atom is 0.243 e. The van der Waals surface area contributed by atoms with Crippen molar-refractivity contribution in [3.8, 4) is 0 Å². The summed E-state index contributed by atoms with van der Waals surface area (Å²) in [5, 5.41) is 6.48. The van der Waals surface area contributed by atoms with Gasteiger partial charge in [-0.05, 0) is 56.0 Å². The molecule has 2 aromatic rings. The molecule has 0 bridgehead atoms. The van der Waals surface area contributed by atoms with Crippen LogP contribution in [0.1, 0.15) is 44.2 Å². The minimum atomic E-state index is -0.694. The first kappa shape index (κ1) is 24.0. The summed E-state index contributed by atoms with van der Waals surface area (Å²) in [6.45, 7) is 4.90. The molecule has 1 aliphatic rings. The van der Waals surface area contributed by atoms with Crippen molar-refractivity contribution in [3.05, 3.63) is 58.7 Å². The maximum atomic E-state index is 13.0. The first-order valence-electron chi connectivity index (χ1n) is 11.1. The van der Waals surface area contributed by atoms with Crippen molar-refractivity contribution in [1.82, 2.24) is 20.5 Å². The van der Waals surface area contributed by atoms with Crippen LogP contribution < -0.4 is 16.4 Å². The number of rotatable bonds is 8. The third kappa shape index (κ3) is 6.93. The Morgan fingerprint density at radius 1 is 1.12 bits per heavy atom. The lowest BCUT2D eigenvalue weighted by Crippen LogP contribution is -2.53. The summed E-state index contributed by atoms with van der Waals surface area (Å²) in [5.41, 5.74) is 7.37. The summed E-state index contributed by atoms with van der Waals surface area (Å²) >= 11 is 5.99. The zero-order valence-corrected chi connectivity index (χ0v) is 19.4. The highest BCUT2D eigenvalue weighted by atomic mass is 35.5. The normalized spacial score (nSPS) is 19.8. The minimum absolute atomic E-state index is 0.145. The number of nitrogens with zero attached hydrogens (tertiary/aromatic N) is 2. The number of anilines is 1. The second-order valence-electron chi connectivity index (χ2n) is 8.56. The Hall–Kier alpha value is -2.64. The van der Waals surface area contributed by atoms with Crippen LogP contribution in [0.2, 0.25) is 5.02 Å². The Bertz CT molecular complexity index is 894. The molecule has 0 spiro atoms. The number of carbonyl (C=O) groups is 2. The summed E-state index contributed by atoms with van der Waals surface area (Å²) in [5.74, 6) is 0.0351. The second kappa shape index (κ2) is 11.3. The molecule has 4 N–H and O–H groups in total. The standard InChI is InChI=1S/C24H32ClN5O2/c1-16-4-3-5-17(2)30(16)15-23(31)29-21(12-18-6-9-20(25)10-7-18)24(32)28-14-19-8-11-22(26)27-13-19/h6-11,13,16-17,21H,3-5,12,14-15H2,1-2H3,(H2,26,27)(H,28,32)(H,29,31)/t16-,17?,21?/m0/s1. The molecule has 2 heterocycles. The number of pyridine rings is 1. The fraction of sp³-hybridized carbons (Fsp3) is 0.458. The van der Waals surface area contributed by atoms with Gasteiger partial charge in [0.05, 0.1) is 6.54 Å². The Morgan fingerprint density at radius 2 is 1.78 bits per heavy atom. The number of nitrogens with two attached hydrogens (primary N) is 1. The predicted molar refractivity (Wildman–Crippen MR) is 127 cm³/mol. The van der Waals surface area contributed by atoms with E-state index >= 15 is 0 Å². The van der Waals surface area contributed by atoms with Crippen molar-refractivity contribution in [1.29, 1.82) is 0 Å². The molecule has 7 nitrogen and oxygen atoms in total. The van der Waals surface area contributed by atoms with Gasteiger partial charge in [0.1, 0.15) is 11.9 Å². The SMILES string of the molecule is CC1CCC[C@H](C)N1CC(=O)NC(Cc1ccc(Cl)cc1)C(=O)NCc1ccc(N)nc1. The first-order valence-corrected chi connectivity index (χ1v) is 11.5. The Kier molecular flexibility index (Phi) is 8.47. The van der Waals surface area contributed by atoms with Gasteiger partial charge in [-0.1, -0.05) is 36.2 Å². The summed E-state index contributed by atoms with van der Waals surface area (Å²) < 4.78 is 0. The molecule has 172 valence electrons. The quantitative estimate of drug-likeness (QED) is 0.565. The van der Waals surface area contributed by atoms with Gasteiger partial charge in [-0.2, -0.15) is 0 Å². The van der Waals surface area contributed by atoms with E-state index in [9.17, 15) is 9.59 Å². The molecule has 1 fully saturated rings. The van der Waals surface area contributed by atoms with E-state index in [-0.39, 0.29) is 18.4 Å². The van der Waals surface area contributed by atoms with Gasteiger partial charge < -0.3 is 16.4 Å². The highest BCUT2D eigenvalue weighted by Crippen LogP contribution is 2.22. The highest BCUT2D eigenvalue weighted by molar-refractivity contribution is 6.30. The van der Waals surface area contributed by atoms with Crippen LogP contribution in [0.15, 0.2) is 42.6 Å². The summed E-state index contributed by atoms with van der Waals surface area (Å²) in [7, 11) is 0. The van der Waals surface area contributed by atoms with Crippen LogP contribution in [0.3, 0.4) is 0 Å². The molecule has 1 aliphatic heterocycles. The first-order chi connectivity index (χ1) is 15.3. The Labute approximate surface area is 194 Å². The number of likely N-dealkylation sites (tertiary alicyclic amines) is 1. The number of piperidine rings is 1. The zero-order chi connectivity index (χ0) is 23.1. The molecule has 3 rings (SSSR count). The molecular formula is C24H32ClN5O2. The lowest BCUT2D eigenvalue weighted by molar-refractivity contribution is -0.130. The molecule has 1 aromatic heterocycles. The lowest BCUT2D eigenvalue weighted by atomic mass is 9.97. The molecule has 0 radical (unpaired) electrons. The highest BCUT2D eigenvalue weighted by Gasteiger charge is 2.28. The fourth-order valence-electron chi connectivity index (χ4n) is 4.11. The van der Waals surface area contributed by atoms with Gasteiger partial charge in [0.25, 0.3) is 0 Å². The zero-order valence-electron chi connectivity index (χ0n) is 18.7. The predicted octanol–water partition coefficient (Wildman–Crippen LogP) is 2.92. The number of aromatic nitrogens is 1. The van der Waals surface area contributed by atoms with E-state index in [0.717, 1.165) is 24.0 Å². The van der Waals surface area contributed by atoms with E-state index in [1.165, 1.54) is 6.42 Å². The molecular weight excluding hydrogens is 426 g/mol. The monoisotopic (exact) mass is 457 g/mol. The van der Waals surface area contributed by atoms with Gasteiger partial charge in [0.2, 0.25) is 11.8 Å². The van der Waals surface area contributed by atoms with E-state index in [1.54, 1.807) is 24.4 Å². The van der Waals surface area contributed by atoms with Crippen LogP contribution in [0.5, 0.6) is 0 Å². The summed E-state index contributed by atoms with van der Waals surface area (Å²) in [6.07, 6.45) is 5.35. The fourth-order valence-corrected chi connectivity index (χ4v) is 4.24. The number of hydrogen-bond acceptors (Lipinski definition) is 5. The number of nitrogens with one attached hydrogen (secondary N) is 2. The van der Waals surface area contributed by atoms with Crippen LogP contribution >= 0.6 is 11.6 Å².